The Morgan fingerprint density at radius 1 is 0.806 bits per heavy atom. The van der Waals surface area contributed by atoms with Crippen LogP contribution in [-0.4, -0.2) is 17.0 Å². The fraction of sp³-hybridized carbons (Fsp3) is 0.158. The van der Waals surface area contributed by atoms with Crippen molar-refractivity contribution in [1.82, 2.24) is 9.97 Å². The van der Waals surface area contributed by atoms with Crippen molar-refractivity contribution in [3.63, 3.8) is 0 Å². The van der Waals surface area contributed by atoms with Gasteiger partial charge in [-0.1, -0.05) is 0 Å². The highest BCUT2D eigenvalue weighted by atomic mass is 19.4. The fourth-order valence-electron chi connectivity index (χ4n) is 2.48. The van der Waals surface area contributed by atoms with E-state index in [2.05, 4.69) is 9.97 Å². The summed E-state index contributed by atoms with van der Waals surface area (Å²) in [6, 6.07) is 4.31. The minimum Gasteiger partial charge on any atom is -0.436 e. The van der Waals surface area contributed by atoms with Crippen LogP contribution < -0.4 is 9.64 Å². The van der Waals surface area contributed by atoms with E-state index >= 15 is 0 Å². The average Bonchev–Trinajstić information content (AvgIpc) is 2.68. The summed E-state index contributed by atoms with van der Waals surface area (Å²) in [5.74, 6) is -3.65. The summed E-state index contributed by atoms with van der Waals surface area (Å²) in [5, 5.41) is 0. The highest BCUT2D eigenvalue weighted by Gasteiger charge is 2.32. The maximum Gasteiger partial charge on any atom is 0.416 e. The molecule has 0 amide bonds. The van der Waals surface area contributed by atoms with E-state index in [1.807, 2.05) is 0 Å². The second-order valence-corrected chi connectivity index (χ2v) is 6.16. The van der Waals surface area contributed by atoms with Crippen LogP contribution >= 0.6 is 0 Å². The second-order valence-electron chi connectivity index (χ2n) is 6.16. The van der Waals surface area contributed by atoms with Crippen molar-refractivity contribution in [2.45, 2.75) is 12.4 Å². The summed E-state index contributed by atoms with van der Waals surface area (Å²) in [7, 11) is 1.17. The predicted molar refractivity (Wildman–Crippen MR) is 93.0 cm³/mol. The molecule has 0 saturated carbocycles. The monoisotopic (exact) mass is 449 g/mol. The molecule has 1 heterocycles. The second kappa shape index (κ2) is 8.00. The summed E-state index contributed by atoms with van der Waals surface area (Å²) in [6.45, 7) is 0. The van der Waals surface area contributed by atoms with Crippen LogP contribution in [0.2, 0.25) is 0 Å². The van der Waals surface area contributed by atoms with E-state index < -0.39 is 52.4 Å². The van der Waals surface area contributed by atoms with Crippen LogP contribution in [0.5, 0.6) is 11.6 Å². The Kier molecular flexibility index (Phi) is 5.74. The molecule has 12 heteroatoms. The Balaban J connectivity index is 1.93. The number of nitrogens with zero attached hydrogens (tertiary/aromatic N) is 3. The number of alkyl halides is 6. The van der Waals surface area contributed by atoms with E-state index in [9.17, 15) is 35.1 Å². The Morgan fingerprint density at radius 3 is 2.00 bits per heavy atom. The molecule has 0 aliphatic carbocycles. The Bertz CT molecular complexity index is 1100. The molecule has 0 unspecified atom stereocenters. The van der Waals surface area contributed by atoms with Crippen molar-refractivity contribution in [2.75, 3.05) is 11.9 Å². The molecule has 0 N–H and O–H groups in total. The molecule has 0 aliphatic heterocycles. The first-order chi connectivity index (χ1) is 14.4. The quantitative estimate of drug-likeness (QED) is 0.435. The Labute approximate surface area is 169 Å². The molecule has 1 aromatic heterocycles. The molecule has 0 fully saturated rings. The lowest BCUT2D eigenvalue weighted by molar-refractivity contribution is -0.138. The van der Waals surface area contributed by atoms with Crippen LogP contribution in [0.25, 0.3) is 0 Å². The van der Waals surface area contributed by atoms with Crippen LogP contribution in [0.3, 0.4) is 0 Å². The van der Waals surface area contributed by atoms with Gasteiger partial charge in [-0.25, -0.2) is 13.8 Å². The maximum absolute atomic E-state index is 14.1. The van der Waals surface area contributed by atoms with E-state index in [0.717, 1.165) is 17.2 Å². The zero-order valence-electron chi connectivity index (χ0n) is 15.4. The molecule has 0 spiro atoms. The number of ether oxygens (including phenoxy) is 1. The van der Waals surface area contributed by atoms with Gasteiger partial charge >= 0.3 is 12.4 Å². The minimum atomic E-state index is -4.75. The molecule has 0 aliphatic rings. The number of anilines is 2. The van der Waals surface area contributed by atoms with Gasteiger partial charge in [0.2, 0.25) is 11.8 Å². The van der Waals surface area contributed by atoms with Gasteiger partial charge in [-0.3, -0.25) is 0 Å². The van der Waals surface area contributed by atoms with Crippen molar-refractivity contribution < 1.29 is 39.9 Å². The van der Waals surface area contributed by atoms with Gasteiger partial charge in [-0.15, -0.1) is 0 Å². The largest absolute Gasteiger partial charge is 0.436 e. The lowest BCUT2D eigenvalue weighted by Crippen LogP contribution is -2.16. The Hall–Kier alpha value is -3.44. The molecular formula is C19H11F8N3O. The SMILES string of the molecule is CN(c1nccc(Oc2cc(C(F)(F)F)ccc2F)n1)c1cc(C(F)(F)F)ccc1F. The summed E-state index contributed by atoms with van der Waals surface area (Å²) in [6.07, 6.45) is -8.41. The molecular weight excluding hydrogens is 438 g/mol. The predicted octanol–water partition coefficient (Wildman–Crippen LogP) is 6.35. The smallest absolute Gasteiger partial charge is 0.416 e. The normalized spacial score (nSPS) is 12.0. The van der Waals surface area contributed by atoms with E-state index in [1.165, 1.54) is 7.05 Å². The summed E-state index contributed by atoms with van der Waals surface area (Å²) >= 11 is 0. The molecule has 0 radical (unpaired) electrons. The van der Waals surface area contributed by atoms with Crippen LogP contribution in [0.4, 0.5) is 46.8 Å². The standard InChI is InChI=1S/C19H11F8N3O/c1-30(14-8-10(18(22,23)24)2-4-12(14)20)17-28-7-6-16(29-17)31-15-9-11(19(25,26)27)3-5-13(15)21/h2-9H,1H3. The molecule has 3 rings (SSSR count). The van der Waals surface area contributed by atoms with Gasteiger partial charge in [-0.2, -0.15) is 31.3 Å². The highest BCUT2D eigenvalue weighted by molar-refractivity contribution is 5.59. The zero-order chi connectivity index (χ0) is 23.0. The van der Waals surface area contributed by atoms with Gasteiger partial charge in [0.05, 0.1) is 16.8 Å². The molecule has 2 aromatic carbocycles. The third-order valence-electron chi connectivity index (χ3n) is 4.03. The first-order valence-electron chi connectivity index (χ1n) is 8.34. The van der Waals surface area contributed by atoms with Gasteiger partial charge in [0.1, 0.15) is 5.82 Å². The molecule has 31 heavy (non-hydrogen) atoms. The van der Waals surface area contributed by atoms with Crippen LogP contribution in [0, 0.1) is 11.6 Å². The van der Waals surface area contributed by atoms with Crippen molar-refractivity contribution in [3.05, 3.63) is 71.4 Å². The number of aromatic nitrogens is 2. The third kappa shape index (κ3) is 5.01. The van der Waals surface area contributed by atoms with Crippen LogP contribution in [-0.2, 0) is 12.4 Å². The van der Waals surface area contributed by atoms with Crippen molar-refractivity contribution in [3.8, 4) is 11.6 Å². The van der Waals surface area contributed by atoms with Crippen molar-refractivity contribution >= 4 is 11.6 Å². The summed E-state index contributed by atoms with van der Waals surface area (Å²) in [4.78, 5) is 8.46. The fourth-order valence-corrected chi connectivity index (χ4v) is 2.48. The molecule has 0 bridgehead atoms. The number of rotatable bonds is 4. The minimum absolute atomic E-state index is 0.344. The molecule has 0 atom stereocenters. The average molecular weight is 449 g/mol. The van der Waals surface area contributed by atoms with Crippen molar-refractivity contribution in [1.29, 1.82) is 0 Å². The first-order valence-corrected chi connectivity index (χ1v) is 8.34. The maximum atomic E-state index is 14.1. The van der Waals surface area contributed by atoms with E-state index in [4.69, 9.17) is 4.74 Å². The van der Waals surface area contributed by atoms with Crippen LogP contribution in [0.1, 0.15) is 11.1 Å². The third-order valence-corrected chi connectivity index (χ3v) is 4.03. The molecule has 0 saturated heterocycles. The number of hydrogen-bond donors (Lipinski definition) is 0. The number of halogens is 8. The zero-order valence-corrected chi connectivity index (χ0v) is 15.4. The summed E-state index contributed by atoms with van der Waals surface area (Å²) < 4.78 is 110. The van der Waals surface area contributed by atoms with Gasteiger partial charge in [0.15, 0.2) is 11.6 Å². The lowest BCUT2D eigenvalue weighted by atomic mass is 10.2. The van der Waals surface area contributed by atoms with Crippen LogP contribution in [0.15, 0.2) is 48.7 Å². The first kappa shape index (κ1) is 22.2. The van der Waals surface area contributed by atoms with Crippen molar-refractivity contribution in [2.24, 2.45) is 0 Å². The highest BCUT2D eigenvalue weighted by Crippen LogP contribution is 2.36. The number of benzene rings is 2. The molecule has 164 valence electrons. The van der Waals surface area contributed by atoms with E-state index in [-0.39, 0.29) is 5.95 Å². The topological polar surface area (TPSA) is 38.2 Å². The van der Waals surface area contributed by atoms with Gasteiger partial charge in [0.25, 0.3) is 0 Å². The molecule has 3 aromatic rings. The molecule has 4 nitrogen and oxygen atoms in total. The number of hydrogen-bond acceptors (Lipinski definition) is 4. The lowest BCUT2D eigenvalue weighted by Gasteiger charge is -2.20. The van der Waals surface area contributed by atoms with Gasteiger partial charge in [-0.05, 0) is 36.4 Å². The van der Waals surface area contributed by atoms with Gasteiger partial charge < -0.3 is 9.64 Å². The van der Waals surface area contributed by atoms with E-state index in [0.29, 0.717) is 36.4 Å². The summed E-state index contributed by atoms with van der Waals surface area (Å²) in [5.41, 5.74) is -2.80. The Morgan fingerprint density at radius 2 is 1.39 bits per heavy atom. The van der Waals surface area contributed by atoms with Gasteiger partial charge in [0, 0.05) is 19.3 Å². The van der Waals surface area contributed by atoms with E-state index in [1.54, 1.807) is 0 Å².